The molecular formula is C5H6OS. The van der Waals surface area contributed by atoms with Crippen LogP contribution in [0.4, 0.5) is 0 Å². The van der Waals surface area contributed by atoms with Crippen LogP contribution >= 0.6 is 11.3 Å². The molecule has 0 bridgehead atoms. The van der Waals surface area contributed by atoms with Gasteiger partial charge in [-0.3, -0.25) is 0 Å². The lowest BCUT2D eigenvalue weighted by atomic mass is 10.7. The third-order valence-corrected chi connectivity index (χ3v) is 1.05. The molecule has 0 aliphatic rings. The number of rotatable bonds is 0. The molecule has 0 spiro atoms. The Morgan fingerprint density at radius 2 is 1.57 bits per heavy atom. The lowest BCUT2D eigenvalue weighted by molar-refractivity contribution is -0.0979. The van der Waals surface area contributed by atoms with E-state index in [0.717, 1.165) is 0 Å². The van der Waals surface area contributed by atoms with E-state index in [4.69, 9.17) is 4.79 Å². The van der Waals surface area contributed by atoms with Crippen LogP contribution in [0.25, 0.3) is 0 Å². The summed E-state index contributed by atoms with van der Waals surface area (Å²) in [5.41, 5.74) is 0. The molecule has 0 fully saturated rings. The van der Waals surface area contributed by atoms with Gasteiger partial charge in [0.2, 0.25) is 0 Å². The maximum absolute atomic E-state index is 8.00. The van der Waals surface area contributed by atoms with Gasteiger partial charge >= 0.3 is 0 Å². The van der Waals surface area contributed by atoms with E-state index < -0.39 is 0 Å². The summed E-state index contributed by atoms with van der Waals surface area (Å²) in [5.74, 6) is 0. The maximum atomic E-state index is 8.00. The van der Waals surface area contributed by atoms with Gasteiger partial charge in [0.1, 0.15) is 6.79 Å². The Balaban J connectivity index is 0.000000162. The van der Waals surface area contributed by atoms with E-state index in [-0.39, 0.29) is 0 Å². The van der Waals surface area contributed by atoms with Crippen molar-refractivity contribution in [3.63, 3.8) is 0 Å². The third kappa shape index (κ3) is 3.19. The van der Waals surface area contributed by atoms with Crippen LogP contribution < -0.4 is 0 Å². The normalized spacial score (nSPS) is 6.29. The molecule has 0 amide bonds. The zero-order chi connectivity index (χ0) is 5.54. The van der Waals surface area contributed by atoms with Gasteiger partial charge in [0, 0.05) is 0 Å². The molecule has 0 saturated carbocycles. The lowest BCUT2D eigenvalue weighted by Crippen LogP contribution is -1.16. The molecule has 7 heavy (non-hydrogen) atoms. The average Bonchev–Trinajstić information content (AvgIpc) is 2.23. The number of hydrogen-bond donors (Lipinski definition) is 0. The molecule has 1 heterocycles. The predicted octanol–water partition coefficient (Wildman–Crippen LogP) is 1.56. The van der Waals surface area contributed by atoms with Gasteiger partial charge in [-0.05, 0) is 10.8 Å². The molecular weight excluding hydrogens is 108 g/mol. The standard InChI is InChI=1S/C4H4S.CH2O/c1-2-4-5-3-1;1-2/h1-4H;1H2. The Labute approximate surface area is 46.6 Å². The molecule has 0 aliphatic carbocycles. The Morgan fingerprint density at radius 1 is 1.14 bits per heavy atom. The van der Waals surface area contributed by atoms with Crippen molar-refractivity contribution in [2.45, 2.75) is 0 Å². The average molecular weight is 114 g/mol. The maximum Gasteiger partial charge on any atom is 0.106 e. The summed E-state index contributed by atoms with van der Waals surface area (Å²) in [6.45, 7) is 2.00. The largest absolute Gasteiger partial charge is 0.307 e. The number of carbonyl (C=O) groups is 1. The van der Waals surface area contributed by atoms with Crippen molar-refractivity contribution < 1.29 is 4.79 Å². The van der Waals surface area contributed by atoms with E-state index in [1.165, 1.54) is 0 Å². The van der Waals surface area contributed by atoms with Crippen LogP contribution in [0.1, 0.15) is 0 Å². The SMILES string of the molecule is C=O.c1ccsc1. The number of carbonyl (C=O) groups excluding carboxylic acids is 1. The van der Waals surface area contributed by atoms with Crippen LogP contribution in [-0.2, 0) is 4.79 Å². The number of hydrogen-bond acceptors (Lipinski definition) is 2. The van der Waals surface area contributed by atoms with E-state index in [9.17, 15) is 0 Å². The van der Waals surface area contributed by atoms with E-state index in [1.807, 2.05) is 29.7 Å². The topological polar surface area (TPSA) is 17.1 Å². The van der Waals surface area contributed by atoms with Gasteiger partial charge in [-0.1, -0.05) is 12.1 Å². The molecule has 1 aromatic heterocycles. The second kappa shape index (κ2) is 5.37. The first-order valence-electron chi connectivity index (χ1n) is 1.76. The summed E-state index contributed by atoms with van der Waals surface area (Å²) >= 11 is 1.71. The summed E-state index contributed by atoms with van der Waals surface area (Å²) in [5, 5.41) is 4.08. The molecule has 0 aliphatic heterocycles. The molecule has 1 aromatic rings. The first-order chi connectivity index (χ1) is 3.50. The van der Waals surface area contributed by atoms with Crippen LogP contribution in [0.2, 0.25) is 0 Å². The minimum atomic E-state index is 1.71. The predicted molar refractivity (Wildman–Crippen MR) is 31.4 cm³/mol. The van der Waals surface area contributed by atoms with Crippen LogP contribution in [0.3, 0.4) is 0 Å². The van der Waals surface area contributed by atoms with Gasteiger partial charge in [0.05, 0.1) is 0 Å². The Kier molecular flexibility index (Phi) is 4.89. The van der Waals surface area contributed by atoms with Gasteiger partial charge in [-0.2, -0.15) is 11.3 Å². The van der Waals surface area contributed by atoms with Gasteiger partial charge < -0.3 is 4.79 Å². The van der Waals surface area contributed by atoms with Crippen molar-refractivity contribution in [3.05, 3.63) is 22.9 Å². The van der Waals surface area contributed by atoms with Crippen LogP contribution in [-0.4, -0.2) is 6.79 Å². The highest BCUT2D eigenvalue weighted by atomic mass is 32.1. The molecule has 0 atom stereocenters. The minimum absolute atomic E-state index is 1.71. The Hall–Kier alpha value is -0.630. The molecule has 0 saturated heterocycles. The highest BCUT2D eigenvalue weighted by Crippen LogP contribution is 1.91. The molecule has 2 heteroatoms. The summed E-state index contributed by atoms with van der Waals surface area (Å²) < 4.78 is 0. The minimum Gasteiger partial charge on any atom is -0.307 e. The van der Waals surface area contributed by atoms with Crippen molar-refractivity contribution in [1.82, 2.24) is 0 Å². The van der Waals surface area contributed by atoms with Crippen molar-refractivity contribution >= 4 is 18.1 Å². The third-order valence-electron chi connectivity index (χ3n) is 0.425. The second-order valence-corrected chi connectivity index (χ2v) is 1.61. The molecule has 0 aromatic carbocycles. The fourth-order valence-corrected chi connectivity index (χ4v) is 0.680. The fourth-order valence-electron chi connectivity index (χ4n) is 0.227. The Morgan fingerprint density at radius 3 is 1.71 bits per heavy atom. The van der Waals surface area contributed by atoms with Crippen molar-refractivity contribution in [3.8, 4) is 0 Å². The molecule has 1 nitrogen and oxygen atoms in total. The van der Waals surface area contributed by atoms with Crippen LogP contribution in [0.15, 0.2) is 22.9 Å². The van der Waals surface area contributed by atoms with Crippen molar-refractivity contribution in [2.24, 2.45) is 0 Å². The number of thiophene rings is 1. The zero-order valence-electron chi connectivity index (χ0n) is 3.83. The highest BCUT2D eigenvalue weighted by Gasteiger charge is 1.58. The Bertz CT molecular complexity index is 75.0. The quantitative estimate of drug-likeness (QED) is 0.500. The molecule has 0 N–H and O–H groups in total. The summed E-state index contributed by atoms with van der Waals surface area (Å²) in [7, 11) is 0. The van der Waals surface area contributed by atoms with Crippen molar-refractivity contribution in [2.75, 3.05) is 0 Å². The van der Waals surface area contributed by atoms with Gasteiger partial charge in [-0.15, -0.1) is 0 Å². The van der Waals surface area contributed by atoms with Gasteiger partial charge in [-0.25, -0.2) is 0 Å². The summed E-state index contributed by atoms with van der Waals surface area (Å²) in [4.78, 5) is 8.00. The summed E-state index contributed by atoms with van der Waals surface area (Å²) in [6.07, 6.45) is 0. The lowest BCUT2D eigenvalue weighted by Gasteiger charge is -1.39. The van der Waals surface area contributed by atoms with Crippen LogP contribution in [0, 0.1) is 0 Å². The first kappa shape index (κ1) is 6.37. The van der Waals surface area contributed by atoms with Crippen LogP contribution in [0.5, 0.6) is 0 Å². The molecule has 38 valence electrons. The fraction of sp³-hybridized carbons (Fsp3) is 0. The van der Waals surface area contributed by atoms with Gasteiger partial charge in [0.25, 0.3) is 0 Å². The van der Waals surface area contributed by atoms with E-state index in [1.54, 1.807) is 11.3 Å². The van der Waals surface area contributed by atoms with Gasteiger partial charge in [0.15, 0.2) is 0 Å². The van der Waals surface area contributed by atoms with Crippen molar-refractivity contribution in [1.29, 1.82) is 0 Å². The molecule has 0 radical (unpaired) electrons. The zero-order valence-corrected chi connectivity index (χ0v) is 4.65. The first-order valence-corrected chi connectivity index (χ1v) is 2.70. The van der Waals surface area contributed by atoms with E-state index in [2.05, 4.69) is 0 Å². The van der Waals surface area contributed by atoms with E-state index >= 15 is 0 Å². The van der Waals surface area contributed by atoms with E-state index in [0.29, 0.717) is 0 Å². The monoisotopic (exact) mass is 114 g/mol. The smallest absolute Gasteiger partial charge is 0.106 e. The summed E-state index contributed by atoms with van der Waals surface area (Å²) in [6, 6.07) is 4.04. The molecule has 0 unspecified atom stereocenters. The molecule has 1 rings (SSSR count). The highest BCUT2D eigenvalue weighted by molar-refractivity contribution is 7.07. The second-order valence-electron chi connectivity index (χ2n) is 0.793.